The van der Waals surface area contributed by atoms with E-state index in [0.29, 0.717) is 12.5 Å². The predicted octanol–water partition coefficient (Wildman–Crippen LogP) is 3.29. The Hall–Kier alpha value is -0.100. The van der Waals surface area contributed by atoms with Crippen LogP contribution in [0, 0.1) is 5.92 Å². The van der Waals surface area contributed by atoms with Crippen molar-refractivity contribution in [1.29, 1.82) is 0 Å². The highest BCUT2D eigenvalue weighted by Gasteiger charge is 2.10. The van der Waals surface area contributed by atoms with Crippen LogP contribution in [0.1, 0.15) is 36.3 Å². The standard InChI is InChI=1S/C13H24N2OS2/c1-5-17-9-13-15-11(8-16-4)12(18-13)7-14-6-10(2)3/h10,14H,5-9H2,1-4H3. The number of rotatable bonds is 9. The molecule has 1 aromatic heterocycles. The number of aromatic nitrogens is 1. The summed E-state index contributed by atoms with van der Waals surface area (Å²) in [5.74, 6) is 2.83. The normalized spacial score (nSPS) is 11.4. The van der Waals surface area contributed by atoms with Crippen molar-refractivity contribution in [3.8, 4) is 0 Å². The van der Waals surface area contributed by atoms with Gasteiger partial charge in [0.15, 0.2) is 0 Å². The third kappa shape index (κ3) is 5.69. The van der Waals surface area contributed by atoms with E-state index in [4.69, 9.17) is 4.74 Å². The Morgan fingerprint density at radius 2 is 2.22 bits per heavy atom. The van der Waals surface area contributed by atoms with Gasteiger partial charge in [0.25, 0.3) is 0 Å². The van der Waals surface area contributed by atoms with E-state index < -0.39 is 0 Å². The highest BCUT2D eigenvalue weighted by Crippen LogP contribution is 2.23. The Morgan fingerprint density at radius 1 is 1.44 bits per heavy atom. The summed E-state index contributed by atoms with van der Waals surface area (Å²) in [4.78, 5) is 5.99. The number of thiazole rings is 1. The van der Waals surface area contributed by atoms with Crippen LogP contribution < -0.4 is 5.32 Å². The molecule has 0 aliphatic carbocycles. The minimum atomic E-state index is 0.617. The summed E-state index contributed by atoms with van der Waals surface area (Å²) in [5.41, 5.74) is 1.10. The average molecular weight is 288 g/mol. The largest absolute Gasteiger partial charge is 0.378 e. The fourth-order valence-corrected chi connectivity index (χ4v) is 3.32. The molecule has 0 spiro atoms. The first-order chi connectivity index (χ1) is 8.67. The lowest BCUT2D eigenvalue weighted by Crippen LogP contribution is -2.19. The second kappa shape index (κ2) is 8.91. The van der Waals surface area contributed by atoms with Gasteiger partial charge in [0.2, 0.25) is 0 Å². The van der Waals surface area contributed by atoms with Crippen molar-refractivity contribution in [1.82, 2.24) is 10.3 Å². The van der Waals surface area contributed by atoms with E-state index in [1.165, 1.54) is 9.88 Å². The number of nitrogens with zero attached hydrogens (tertiary/aromatic N) is 1. The van der Waals surface area contributed by atoms with Crippen molar-refractivity contribution in [2.75, 3.05) is 19.4 Å². The first kappa shape index (κ1) is 16.0. The minimum Gasteiger partial charge on any atom is -0.378 e. The molecule has 1 N–H and O–H groups in total. The summed E-state index contributed by atoms with van der Waals surface area (Å²) >= 11 is 3.73. The molecule has 0 saturated heterocycles. The third-order valence-electron chi connectivity index (χ3n) is 2.37. The van der Waals surface area contributed by atoms with E-state index in [1.54, 1.807) is 7.11 Å². The van der Waals surface area contributed by atoms with Crippen LogP contribution in [-0.4, -0.2) is 24.4 Å². The van der Waals surface area contributed by atoms with Gasteiger partial charge >= 0.3 is 0 Å². The highest BCUT2D eigenvalue weighted by molar-refractivity contribution is 7.98. The van der Waals surface area contributed by atoms with E-state index in [-0.39, 0.29) is 0 Å². The maximum absolute atomic E-state index is 5.22. The molecule has 0 bridgehead atoms. The zero-order valence-corrected chi connectivity index (χ0v) is 13.4. The van der Waals surface area contributed by atoms with Crippen molar-refractivity contribution >= 4 is 23.1 Å². The van der Waals surface area contributed by atoms with Crippen LogP contribution in [0.3, 0.4) is 0 Å². The number of hydrogen-bond donors (Lipinski definition) is 1. The molecule has 3 nitrogen and oxygen atoms in total. The van der Waals surface area contributed by atoms with Crippen molar-refractivity contribution in [3.63, 3.8) is 0 Å². The lowest BCUT2D eigenvalue weighted by molar-refractivity contribution is 0.181. The summed E-state index contributed by atoms with van der Waals surface area (Å²) in [6.45, 7) is 9.19. The Kier molecular flexibility index (Phi) is 7.90. The number of methoxy groups -OCH3 is 1. The molecule has 0 fully saturated rings. The van der Waals surface area contributed by atoms with Gasteiger partial charge in [-0.05, 0) is 18.2 Å². The fourth-order valence-electron chi connectivity index (χ4n) is 1.55. The number of ether oxygens (including phenoxy) is 1. The molecule has 5 heteroatoms. The van der Waals surface area contributed by atoms with Crippen LogP contribution in [0.25, 0.3) is 0 Å². The summed E-state index contributed by atoms with van der Waals surface area (Å²) < 4.78 is 5.22. The number of thioether (sulfide) groups is 1. The second-order valence-corrected chi connectivity index (χ2v) is 7.01. The number of hydrogen-bond acceptors (Lipinski definition) is 5. The molecule has 0 aromatic carbocycles. The molecule has 0 atom stereocenters. The molecule has 0 unspecified atom stereocenters. The Bertz CT molecular complexity index is 340. The van der Waals surface area contributed by atoms with Gasteiger partial charge in [-0.15, -0.1) is 11.3 Å². The van der Waals surface area contributed by atoms with Crippen LogP contribution in [0.15, 0.2) is 0 Å². The van der Waals surface area contributed by atoms with E-state index in [2.05, 4.69) is 31.1 Å². The van der Waals surface area contributed by atoms with Crippen LogP contribution in [0.2, 0.25) is 0 Å². The molecular formula is C13H24N2OS2. The zero-order chi connectivity index (χ0) is 13.4. The third-order valence-corrected chi connectivity index (χ3v) is 4.54. The Labute approximate surface area is 119 Å². The maximum atomic E-state index is 5.22. The van der Waals surface area contributed by atoms with E-state index in [0.717, 1.165) is 30.3 Å². The van der Waals surface area contributed by atoms with Crippen molar-refractivity contribution in [3.05, 3.63) is 15.6 Å². The van der Waals surface area contributed by atoms with Gasteiger partial charge in [-0.3, -0.25) is 0 Å². The SMILES string of the molecule is CCSCc1nc(COC)c(CNCC(C)C)s1. The van der Waals surface area contributed by atoms with Crippen LogP contribution >= 0.6 is 23.1 Å². The molecule has 0 saturated carbocycles. The average Bonchev–Trinajstić information content (AvgIpc) is 2.69. The van der Waals surface area contributed by atoms with E-state index in [9.17, 15) is 0 Å². The summed E-state index contributed by atoms with van der Waals surface area (Å²) in [6.07, 6.45) is 0. The van der Waals surface area contributed by atoms with E-state index in [1.807, 2.05) is 23.1 Å². The molecular weight excluding hydrogens is 264 g/mol. The topological polar surface area (TPSA) is 34.1 Å². The predicted molar refractivity (Wildman–Crippen MR) is 81.2 cm³/mol. The molecule has 0 aliphatic rings. The van der Waals surface area contributed by atoms with Gasteiger partial charge in [0.05, 0.1) is 12.3 Å². The van der Waals surface area contributed by atoms with Crippen LogP contribution in [-0.2, 0) is 23.6 Å². The quantitative estimate of drug-likeness (QED) is 0.756. The molecule has 0 aliphatic heterocycles. The van der Waals surface area contributed by atoms with Gasteiger partial charge < -0.3 is 10.1 Å². The fraction of sp³-hybridized carbons (Fsp3) is 0.769. The van der Waals surface area contributed by atoms with Crippen LogP contribution in [0.5, 0.6) is 0 Å². The minimum absolute atomic E-state index is 0.617. The summed E-state index contributed by atoms with van der Waals surface area (Å²) in [7, 11) is 1.73. The summed E-state index contributed by atoms with van der Waals surface area (Å²) in [5, 5.41) is 4.70. The molecule has 1 heterocycles. The molecule has 1 aromatic rings. The Balaban J connectivity index is 2.58. The molecule has 0 amide bonds. The van der Waals surface area contributed by atoms with Crippen molar-refractivity contribution in [2.45, 2.75) is 39.7 Å². The highest BCUT2D eigenvalue weighted by atomic mass is 32.2. The molecule has 1 rings (SSSR count). The molecule has 104 valence electrons. The van der Waals surface area contributed by atoms with Gasteiger partial charge in [-0.2, -0.15) is 11.8 Å². The zero-order valence-electron chi connectivity index (χ0n) is 11.8. The van der Waals surface area contributed by atoms with Crippen molar-refractivity contribution < 1.29 is 4.74 Å². The first-order valence-corrected chi connectivity index (χ1v) is 8.39. The van der Waals surface area contributed by atoms with E-state index >= 15 is 0 Å². The second-order valence-electron chi connectivity index (χ2n) is 4.57. The molecule has 18 heavy (non-hydrogen) atoms. The van der Waals surface area contributed by atoms with Gasteiger partial charge in [0.1, 0.15) is 5.01 Å². The molecule has 0 radical (unpaired) electrons. The van der Waals surface area contributed by atoms with Crippen LogP contribution in [0.4, 0.5) is 0 Å². The lowest BCUT2D eigenvalue weighted by Gasteiger charge is -2.06. The lowest BCUT2D eigenvalue weighted by atomic mass is 10.2. The van der Waals surface area contributed by atoms with Crippen molar-refractivity contribution in [2.24, 2.45) is 5.92 Å². The summed E-state index contributed by atoms with van der Waals surface area (Å²) in [6, 6.07) is 0. The monoisotopic (exact) mass is 288 g/mol. The number of nitrogens with one attached hydrogen (secondary N) is 1. The smallest absolute Gasteiger partial charge is 0.103 e. The van der Waals surface area contributed by atoms with Gasteiger partial charge in [0, 0.05) is 24.3 Å². The first-order valence-electron chi connectivity index (χ1n) is 6.42. The van der Waals surface area contributed by atoms with Gasteiger partial charge in [-0.25, -0.2) is 4.98 Å². The Morgan fingerprint density at radius 3 is 2.83 bits per heavy atom. The maximum Gasteiger partial charge on any atom is 0.103 e. The van der Waals surface area contributed by atoms with Gasteiger partial charge in [-0.1, -0.05) is 20.8 Å².